The normalized spacial score (nSPS) is 31.8. The second-order valence-electron chi connectivity index (χ2n) is 4.08. The molecule has 0 amide bonds. The first-order chi connectivity index (χ1) is 5.59. The Balaban J connectivity index is 2.19. The average molecular weight is 173 g/mol. The zero-order valence-corrected chi connectivity index (χ0v) is 7.90. The van der Waals surface area contributed by atoms with Crippen molar-refractivity contribution in [1.29, 1.82) is 0 Å². The number of likely N-dealkylation sites (tertiary alicyclic amines) is 1. The molecular formula is C9H19NO2. The molecule has 1 rings (SSSR count). The summed E-state index contributed by atoms with van der Waals surface area (Å²) >= 11 is 0. The lowest BCUT2D eigenvalue weighted by Crippen LogP contribution is -2.24. The molecule has 0 aromatic carbocycles. The Kier molecular flexibility index (Phi) is 3.50. The summed E-state index contributed by atoms with van der Waals surface area (Å²) in [5.41, 5.74) is 0. The summed E-state index contributed by atoms with van der Waals surface area (Å²) in [5.74, 6) is 0.694. The summed E-state index contributed by atoms with van der Waals surface area (Å²) in [6, 6.07) is 0. The summed E-state index contributed by atoms with van der Waals surface area (Å²) < 4.78 is 0. The number of aliphatic hydroxyl groups excluding tert-OH is 2. The van der Waals surface area contributed by atoms with Gasteiger partial charge in [-0.15, -0.1) is 0 Å². The first-order valence-electron chi connectivity index (χ1n) is 4.68. The third-order valence-corrected chi connectivity index (χ3v) is 2.36. The maximum atomic E-state index is 9.24. The molecule has 1 aliphatic rings. The Morgan fingerprint density at radius 3 is 2.17 bits per heavy atom. The molecule has 2 N–H and O–H groups in total. The van der Waals surface area contributed by atoms with Crippen LogP contribution in [0.15, 0.2) is 0 Å². The van der Waals surface area contributed by atoms with E-state index in [1.165, 1.54) is 0 Å². The third-order valence-electron chi connectivity index (χ3n) is 2.36. The minimum atomic E-state index is -0.530. The summed E-state index contributed by atoms with van der Waals surface area (Å²) in [6.45, 7) is 6.62. The van der Waals surface area contributed by atoms with E-state index in [4.69, 9.17) is 0 Å². The SMILES string of the molecule is CC(C)CCN1C[C@@H](O)[C@H](O)C1. The Morgan fingerprint density at radius 1 is 1.25 bits per heavy atom. The number of hydrogen-bond acceptors (Lipinski definition) is 3. The van der Waals surface area contributed by atoms with E-state index in [0.717, 1.165) is 13.0 Å². The fourth-order valence-corrected chi connectivity index (χ4v) is 1.47. The predicted octanol–water partition coefficient (Wildman–Crippen LogP) is 0.0699. The average Bonchev–Trinajstić information content (AvgIpc) is 2.28. The van der Waals surface area contributed by atoms with Crippen LogP contribution < -0.4 is 0 Å². The van der Waals surface area contributed by atoms with Crippen molar-refractivity contribution < 1.29 is 10.2 Å². The van der Waals surface area contributed by atoms with Crippen molar-refractivity contribution >= 4 is 0 Å². The van der Waals surface area contributed by atoms with Crippen LogP contribution in [0.25, 0.3) is 0 Å². The van der Waals surface area contributed by atoms with Crippen molar-refractivity contribution in [2.75, 3.05) is 19.6 Å². The van der Waals surface area contributed by atoms with Crippen molar-refractivity contribution in [2.45, 2.75) is 32.5 Å². The van der Waals surface area contributed by atoms with E-state index in [1.54, 1.807) is 0 Å². The van der Waals surface area contributed by atoms with Gasteiger partial charge in [0.05, 0.1) is 12.2 Å². The van der Waals surface area contributed by atoms with Gasteiger partial charge in [-0.1, -0.05) is 13.8 Å². The van der Waals surface area contributed by atoms with E-state index in [1.807, 2.05) is 0 Å². The van der Waals surface area contributed by atoms with Crippen LogP contribution in [0.2, 0.25) is 0 Å². The molecule has 3 heteroatoms. The van der Waals surface area contributed by atoms with Gasteiger partial charge in [0.25, 0.3) is 0 Å². The van der Waals surface area contributed by atoms with Crippen LogP contribution in [-0.4, -0.2) is 47.0 Å². The van der Waals surface area contributed by atoms with Gasteiger partial charge < -0.3 is 10.2 Å². The van der Waals surface area contributed by atoms with E-state index >= 15 is 0 Å². The van der Waals surface area contributed by atoms with Gasteiger partial charge in [0, 0.05) is 13.1 Å². The monoisotopic (exact) mass is 173 g/mol. The summed E-state index contributed by atoms with van der Waals surface area (Å²) in [5, 5.41) is 18.5. The molecule has 2 atom stereocenters. The highest BCUT2D eigenvalue weighted by Crippen LogP contribution is 2.11. The molecule has 1 fully saturated rings. The third kappa shape index (κ3) is 2.73. The second-order valence-corrected chi connectivity index (χ2v) is 4.08. The maximum Gasteiger partial charge on any atom is 0.0938 e. The number of β-amino-alcohol motifs (C(OH)–C–C–N with tert-alkyl or cyclic N) is 2. The topological polar surface area (TPSA) is 43.7 Å². The lowest BCUT2D eigenvalue weighted by Gasteiger charge is -2.15. The van der Waals surface area contributed by atoms with Crippen LogP contribution in [0, 0.1) is 5.92 Å². The van der Waals surface area contributed by atoms with Gasteiger partial charge in [-0.2, -0.15) is 0 Å². The van der Waals surface area contributed by atoms with Gasteiger partial charge in [-0.3, -0.25) is 4.90 Å². The largest absolute Gasteiger partial charge is 0.389 e. The van der Waals surface area contributed by atoms with Crippen LogP contribution in [-0.2, 0) is 0 Å². The quantitative estimate of drug-likeness (QED) is 0.635. The molecule has 12 heavy (non-hydrogen) atoms. The maximum absolute atomic E-state index is 9.24. The molecule has 0 saturated carbocycles. The molecule has 1 heterocycles. The van der Waals surface area contributed by atoms with Crippen molar-refractivity contribution in [3.8, 4) is 0 Å². The minimum Gasteiger partial charge on any atom is -0.389 e. The van der Waals surface area contributed by atoms with Crippen LogP contribution in [0.4, 0.5) is 0 Å². The Bertz CT molecular complexity index is 128. The van der Waals surface area contributed by atoms with Crippen LogP contribution in [0.5, 0.6) is 0 Å². The highest BCUT2D eigenvalue weighted by molar-refractivity contribution is 4.82. The molecule has 0 aromatic rings. The number of nitrogens with zero attached hydrogens (tertiary/aromatic N) is 1. The van der Waals surface area contributed by atoms with Crippen LogP contribution >= 0.6 is 0 Å². The molecule has 0 radical (unpaired) electrons. The Labute approximate surface area is 74.0 Å². The van der Waals surface area contributed by atoms with E-state index in [-0.39, 0.29) is 0 Å². The fraction of sp³-hybridized carbons (Fsp3) is 1.00. The molecule has 0 unspecified atom stereocenters. The summed E-state index contributed by atoms with van der Waals surface area (Å²) in [7, 11) is 0. The fourth-order valence-electron chi connectivity index (χ4n) is 1.47. The highest BCUT2D eigenvalue weighted by atomic mass is 16.3. The molecule has 72 valence electrons. The van der Waals surface area contributed by atoms with E-state index in [0.29, 0.717) is 19.0 Å². The number of aliphatic hydroxyl groups is 2. The van der Waals surface area contributed by atoms with Gasteiger partial charge in [0.2, 0.25) is 0 Å². The molecule has 0 aromatic heterocycles. The van der Waals surface area contributed by atoms with Gasteiger partial charge in [-0.05, 0) is 18.9 Å². The van der Waals surface area contributed by atoms with Crippen LogP contribution in [0.1, 0.15) is 20.3 Å². The van der Waals surface area contributed by atoms with Gasteiger partial charge in [0.15, 0.2) is 0 Å². The Hall–Kier alpha value is -0.120. The smallest absolute Gasteiger partial charge is 0.0938 e. The molecule has 0 bridgehead atoms. The van der Waals surface area contributed by atoms with E-state index in [2.05, 4.69) is 18.7 Å². The summed E-state index contributed by atoms with van der Waals surface area (Å²) in [6.07, 6.45) is 0.0775. The second kappa shape index (κ2) is 4.21. The van der Waals surface area contributed by atoms with E-state index < -0.39 is 12.2 Å². The van der Waals surface area contributed by atoms with Gasteiger partial charge in [-0.25, -0.2) is 0 Å². The van der Waals surface area contributed by atoms with Gasteiger partial charge >= 0.3 is 0 Å². The highest BCUT2D eigenvalue weighted by Gasteiger charge is 2.28. The zero-order chi connectivity index (χ0) is 9.14. The molecule has 0 aliphatic carbocycles. The number of rotatable bonds is 3. The molecule has 1 aliphatic heterocycles. The van der Waals surface area contributed by atoms with Crippen molar-refractivity contribution in [3.63, 3.8) is 0 Å². The predicted molar refractivity (Wildman–Crippen MR) is 47.9 cm³/mol. The zero-order valence-electron chi connectivity index (χ0n) is 7.90. The molecule has 1 saturated heterocycles. The standard InChI is InChI=1S/C9H19NO2/c1-7(2)3-4-10-5-8(11)9(12)6-10/h7-9,11-12H,3-6H2,1-2H3/t8-,9-/m1/s1. The molecule has 0 spiro atoms. The molecule has 3 nitrogen and oxygen atoms in total. The first kappa shape index (κ1) is 9.96. The van der Waals surface area contributed by atoms with Crippen LogP contribution in [0.3, 0.4) is 0 Å². The Morgan fingerprint density at radius 2 is 1.75 bits per heavy atom. The lowest BCUT2D eigenvalue weighted by molar-refractivity contribution is 0.0572. The van der Waals surface area contributed by atoms with Crippen molar-refractivity contribution in [2.24, 2.45) is 5.92 Å². The van der Waals surface area contributed by atoms with Gasteiger partial charge in [0.1, 0.15) is 0 Å². The van der Waals surface area contributed by atoms with E-state index in [9.17, 15) is 10.2 Å². The lowest BCUT2D eigenvalue weighted by atomic mass is 10.1. The number of hydrogen-bond donors (Lipinski definition) is 2. The minimum absolute atomic E-state index is 0.530. The molecular weight excluding hydrogens is 154 g/mol. The first-order valence-corrected chi connectivity index (χ1v) is 4.68. The van der Waals surface area contributed by atoms with Crippen molar-refractivity contribution in [1.82, 2.24) is 4.90 Å². The van der Waals surface area contributed by atoms with Crippen molar-refractivity contribution in [3.05, 3.63) is 0 Å². The summed E-state index contributed by atoms with van der Waals surface area (Å²) in [4.78, 5) is 2.12.